The van der Waals surface area contributed by atoms with Gasteiger partial charge in [0.2, 0.25) is 5.89 Å². The molecule has 1 aliphatic heterocycles. The lowest BCUT2D eigenvalue weighted by Gasteiger charge is -2.25. The summed E-state index contributed by atoms with van der Waals surface area (Å²) in [6.07, 6.45) is 4.72. The first-order valence-corrected chi connectivity index (χ1v) is 11.2. The van der Waals surface area contributed by atoms with Crippen molar-refractivity contribution in [3.05, 3.63) is 88.4 Å². The Balaban J connectivity index is 1.51. The van der Waals surface area contributed by atoms with Crippen LogP contribution in [0.2, 0.25) is 0 Å². The van der Waals surface area contributed by atoms with E-state index in [9.17, 15) is 9.18 Å². The third kappa shape index (κ3) is 5.62. The number of aryl methyl sites for hydroxylation is 2. The van der Waals surface area contributed by atoms with E-state index >= 15 is 0 Å². The van der Waals surface area contributed by atoms with Crippen LogP contribution in [0.4, 0.5) is 4.39 Å². The summed E-state index contributed by atoms with van der Waals surface area (Å²) in [5.41, 5.74) is 5.05. The topological polar surface area (TPSA) is 49.6 Å². The van der Waals surface area contributed by atoms with Crippen LogP contribution >= 0.6 is 0 Å². The molecule has 0 bridgehead atoms. The van der Waals surface area contributed by atoms with Crippen molar-refractivity contribution < 1.29 is 13.6 Å². The molecule has 1 fully saturated rings. The molecule has 0 N–H and O–H groups in total. The quantitative estimate of drug-likeness (QED) is 0.508. The van der Waals surface area contributed by atoms with Gasteiger partial charge in [-0.25, -0.2) is 9.37 Å². The van der Waals surface area contributed by atoms with Gasteiger partial charge in [0.25, 0.3) is 5.91 Å². The lowest BCUT2D eigenvalue weighted by Crippen LogP contribution is -2.35. The van der Waals surface area contributed by atoms with Gasteiger partial charge in [-0.2, -0.15) is 0 Å². The number of amides is 1. The fourth-order valence-electron chi connectivity index (χ4n) is 4.21. The number of oxazole rings is 1. The molecule has 0 atom stereocenters. The summed E-state index contributed by atoms with van der Waals surface area (Å²) in [7, 11) is 0. The summed E-state index contributed by atoms with van der Waals surface area (Å²) in [6.45, 7) is 7.53. The van der Waals surface area contributed by atoms with Crippen molar-refractivity contribution in [3.8, 4) is 0 Å². The zero-order chi connectivity index (χ0) is 22.5. The van der Waals surface area contributed by atoms with E-state index in [0.717, 1.165) is 31.5 Å². The summed E-state index contributed by atoms with van der Waals surface area (Å²) in [4.78, 5) is 21.3. The highest BCUT2D eigenvalue weighted by Crippen LogP contribution is 2.19. The van der Waals surface area contributed by atoms with E-state index < -0.39 is 0 Å². The maximum atomic E-state index is 13.4. The number of likely N-dealkylation sites (tertiary alicyclic amines) is 1. The highest BCUT2D eigenvalue weighted by molar-refractivity contribution is 5.92. The fraction of sp³-hybridized carbons (Fsp3) is 0.385. The molecule has 2 aromatic carbocycles. The molecule has 1 saturated heterocycles. The number of halogens is 1. The van der Waals surface area contributed by atoms with Gasteiger partial charge in [-0.3, -0.25) is 9.69 Å². The molecule has 0 radical (unpaired) electrons. The van der Waals surface area contributed by atoms with E-state index in [1.165, 1.54) is 41.5 Å². The Morgan fingerprint density at radius 2 is 1.78 bits per heavy atom. The minimum Gasteiger partial charge on any atom is -0.447 e. The van der Waals surface area contributed by atoms with Gasteiger partial charge in [0.1, 0.15) is 12.1 Å². The van der Waals surface area contributed by atoms with Gasteiger partial charge >= 0.3 is 0 Å². The van der Waals surface area contributed by atoms with Gasteiger partial charge in [-0.15, -0.1) is 0 Å². The molecule has 168 valence electrons. The Hall–Kier alpha value is -2.99. The zero-order valence-corrected chi connectivity index (χ0v) is 18.8. The van der Waals surface area contributed by atoms with E-state index in [1.807, 2.05) is 4.90 Å². The number of benzene rings is 2. The maximum Gasteiger partial charge on any atom is 0.275 e. The van der Waals surface area contributed by atoms with Gasteiger partial charge in [-0.05, 0) is 61.9 Å². The molecule has 1 aliphatic rings. The summed E-state index contributed by atoms with van der Waals surface area (Å²) in [5, 5.41) is 0. The minimum absolute atomic E-state index is 0.0563. The van der Waals surface area contributed by atoms with Crippen LogP contribution in [0.25, 0.3) is 0 Å². The fourth-order valence-corrected chi connectivity index (χ4v) is 4.21. The van der Waals surface area contributed by atoms with E-state index in [4.69, 9.17) is 4.42 Å². The molecular formula is C26H30FN3O2. The predicted molar refractivity (Wildman–Crippen MR) is 122 cm³/mol. The molecule has 0 unspecified atom stereocenters. The van der Waals surface area contributed by atoms with Crippen LogP contribution in [0.15, 0.2) is 53.1 Å². The number of hydrogen-bond acceptors (Lipinski definition) is 4. The lowest BCUT2D eigenvalue weighted by atomic mass is 10.0. The zero-order valence-electron chi connectivity index (χ0n) is 18.8. The minimum atomic E-state index is -0.247. The largest absolute Gasteiger partial charge is 0.447 e. The Morgan fingerprint density at radius 3 is 2.50 bits per heavy atom. The normalized spacial score (nSPS) is 14.2. The monoisotopic (exact) mass is 435 g/mol. The lowest BCUT2D eigenvalue weighted by molar-refractivity contribution is 0.0718. The summed E-state index contributed by atoms with van der Waals surface area (Å²) in [6, 6.07) is 13.0. The number of aromatic nitrogens is 1. The maximum absolute atomic E-state index is 13.4. The van der Waals surface area contributed by atoms with Crippen LogP contribution in [-0.2, 0) is 19.6 Å². The van der Waals surface area contributed by atoms with Crippen LogP contribution in [0.1, 0.15) is 57.9 Å². The molecule has 1 amide bonds. The standard InChI is InChI=1S/C26H30FN3O2/c1-19-6-9-22(20(2)14-19)16-29(15-21-7-10-23(27)11-8-21)17-25-28-24(18-32-25)26(31)30-12-4-3-5-13-30/h6-11,14,18H,3-5,12-13,15-17H2,1-2H3. The number of hydrogen-bond donors (Lipinski definition) is 0. The number of carbonyl (C=O) groups excluding carboxylic acids is 1. The molecule has 1 aromatic heterocycles. The second-order valence-electron chi connectivity index (χ2n) is 8.68. The number of rotatable bonds is 7. The van der Waals surface area contributed by atoms with Gasteiger partial charge in [-0.1, -0.05) is 35.9 Å². The van der Waals surface area contributed by atoms with E-state index in [2.05, 4.69) is 41.9 Å². The van der Waals surface area contributed by atoms with E-state index in [-0.39, 0.29) is 11.7 Å². The first-order valence-electron chi connectivity index (χ1n) is 11.2. The molecule has 5 nitrogen and oxygen atoms in total. The van der Waals surface area contributed by atoms with Gasteiger partial charge in [0.05, 0.1) is 6.54 Å². The second kappa shape index (κ2) is 10.1. The first-order chi connectivity index (χ1) is 15.5. The molecule has 4 rings (SSSR count). The van der Waals surface area contributed by atoms with Crippen LogP contribution in [0.5, 0.6) is 0 Å². The third-order valence-electron chi connectivity index (χ3n) is 5.98. The molecule has 0 spiro atoms. The van der Waals surface area contributed by atoms with Gasteiger partial charge in [0, 0.05) is 26.2 Å². The van der Waals surface area contributed by atoms with Crippen LogP contribution in [0, 0.1) is 19.7 Å². The Kier molecular flexibility index (Phi) is 7.00. The SMILES string of the molecule is Cc1ccc(CN(Cc2ccc(F)cc2)Cc2nc(C(=O)N3CCCCC3)co2)c(C)c1. The predicted octanol–water partition coefficient (Wildman–Crippen LogP) is 5.26. The summed E-state index contributed by atoms with van der Waals surface area (Å²) in [5.74, 6) is 0.208. The Bertz CT molecular complexity index is 1060. The average Bonchev–Trinajstić information content (AvgIpc) is 3.26. The van der Waals surface area contributed by atoms with Crippen LogP contribution < -0.4 is 0 Å². The van der Waals surface area contributed by atoms with Crippen molar-refractivity contribution in [2.24, 2.45) is 0 Å². The first kappa shape index (κ1) is 22.2. The second-order valence-corrected chi connectivity index (χ2v) is 8.68. The van der Waals surface area contributed by atoms with E-state index in [0.29, 0.717) is 31.2 Å². The van der Waals surface area contributed by atoms with Crippen LogP contribution in [-0.4, -0.2) is 33.8 Å². The van der Waals surface area contributed by atoms with Crippen molar-refractivity contribution in [2.45, 2.75) is 52.7 Å². The molecule has 2 heterocycles. The van der Waals surface area contributed by atoms with Crippen LogP contribution in [0.3, 0.4) is 0 Å². The van der Waals surface area contributed by atoms with E-state index in [1.54, 1.807) is 12.1 Å². The molecule has 6 heteroatoms. The highest BCUT2D eigenvalue weighted by atomic mass is 19.1. The van der Waals surface area contributed by atoms with Crippen molar-refractivity contribution >= 4 is 5.91 Å². The molecule has 3 aromatic rings. The van der Waals surface area contributed by atoms with Gasteiger partial charge in [0.15, 0.2) is 5.69 Å². The summed E-state index contributed by atoms with van der Waals surface area (Å²) < 4.78 is 19.1. The highest BCUT2D eigenvalue weighted by Gasteiger charge is 2.22. The molecule has 32 heavy (non-hydrogen) atoms. The molecular weight excluding hydrogens is 405 g/mol. The average molecular weight is 436 g/mol. The number of carbonyl (C=O) groups is 1. The Labute approximate surface area is 188 Å². The summed E-state index contributed by atoms with van der Waals surface area (Å²) >= 11 is 0. The van der Waals surface area contributed by atoms with Crippen molar-refractivity contribution in [3.63, 3.8) is 0 Å². The van der Waals surface area contributed by atoms with Crippen molar-refractivity contribution in [1.29, 1.82) is 0 Å². The Morgan fingerprint density at radius 1 is 1.03 bits per heavy atom. The number of piperidine rings is 1. The number of nitrogens with zero attached hydrogens (tertiary/aromatic N) is 3. The van der Waals surface area contributed by atoms with Gasteiger partial charge < -0.3 is 9.32 Å². The third-order valence-corrected chi connectivity index (χ3v) is 5.98. The van der Waals surface area contributed by atoms with Crippen molar-refractivity contribution in [2.75, 3.05) is 13.1 Å². The van der Waals surface area contributed by atoms with Crippen molar-refractivity contribution in [1.82, 2.24) is 14.8 Å². The molecule has 0 saturated carbocycles. The molecule has 0 aliphatic carbocycles. The smallest absolute Gasteiger partial charge is 0.275 e.